The van der Waals surface area contributed by atoms with Gasteiger partial charge in [-0.3, -0.25) is 9.59 Å². The molecule has 2 amide bonds. The first kappa shape index (κ1) is 14.0. The maximum Gasteiger partial charge on any atom is 0.228 e. The summed E-state index contributed by atoms with van der Waals surface area (Å²) in [5.41, 5.74) is 0.638. The van der Waals surface area contributed by atoms with Crippen LogP contribution in [-0.4, -0.2) is 49.6 Å². The number of carbonyl (C=O) groups is 2. The second-order valence-corrected chi connectivity index (χ2v) is 5.32. The van der Waals surface area contributed by atoms with Crippen molar-refractivity contribution < 1.29 is 18.7 Å². The largest absolute Gasteiger partial charge is 0.378 e. The number of amides is 2. The van der Waals surface area contributed by atoms with Crippen molar-refractivity contribution in [1.29, 1.82) is 0 Å². The number of carbonyl (C=O) groups excluding carboxylic acids is 2. The summed E-state index contributed by atoms with van der Waals surface area (Å²) in [4.78, 5) is 27.8. The lowest BCUT2D eigenvalue weighted by atomic mass is 10.1. The number of halogens is 1. The number of anilines is 1. The van der Waals surface area contributed by atoms with Gasteiger partial charge < -0.3 is 14.5 Å². The van der Waals surface area contributed by atoms with E-state index in [9.17, 15) is 14.0 Å². The van der Waals surface area contributed by atoms with E-state index in [0.717, 1.165) is 0 Å². The van der Waals surface area contributed by atoms with Gasteiger partial charge in [0.15, 0.2) is 0 Å². The molecule has 0 bridgehead atoms. The van der Waals surface area contributed by atoms with Crippen molar-refractivity contribution in [3.05, 3.63) is 30.1 Å². The van der Waals surface area contributed by atoms with E-state index in [1.54, 1.807) is 21.9 Å². The molecule has 6 heteroatoms. The Labute approximate surface area is 122 Å². The summed E-state index contributed by atoms with van der Waals surface area (Å²) in [6.07, 6.45) is 0.216. The van der Waals surface area contributed by atoms with Crippen LogP contribution in [0.4, 0.5) is 10.1 Å². The van der Waals surface area contributed by atoms with Crippen LogP contribution in [-0.2, 0) is 14.3 Å². The minimum absolute atomic E-state index is 0.0104. The molecular formula is C15H17FN2O3. The highest BCUT2D eigenvalue weighted by molar-refractivity contribution is 6.00. The van der Waals surface area contributed by atoms with Crippen LogP contribution in [0.3, 0.4) is 0 Å². The average molecular weight is 292 g/mol. The van der Waals surface area contributed by atoms with E-state index >= 15 is 0 Å². The third-order valence-corrected chi connectivity index (χ3v) is 3.94. The second-order valence-electron chi connectivity index (χ2n) is 5.32. The van der Waals surface area contributed by atoms with Crippen molar-refractivity contribution in [2.24, 2.45) is 5.92 Å². The first-order valence-corrected chi connectivity index (χ1v) is 7.07. The highest BCUT2D eigenvalue weighted by Gasteiger charge is 2.37. The number of hydrogen-bond acceptors (Lipinski definition) is 3. The quantitative estimate of drug-likeness (QED) is 0.818. The van der Waals surface area contributed by atoms with Crippen LogP contribution in [0.25, 0.3) is 0 Å². The van der Waals surface area contributed by atoms with Gasteiger partial charge in [-0.15, -0.1) is 0 Å². The minimum Gasteiger partial charge on any atom is -0.378 e. The highest BCUT2D eigenvalue weighted by atomic mass is 19.1. The van der Waals surface area contributed by atoms with Crippen molar-refractivity contribution in [2.75, 3.05) is 37.7 Å². The number of nitrogens with zero attached hydrogens (tertiary/aromatic N) is 2. The predicted octanol–water partition coefficient (Wildman–Crippen LogP) is 1.04. The Hall–Kier alpha value is -1.95. The molecule has 2 heterocycles. The van der Waals surface area contributed by atoms with Gasteiger partial charge in [0.2, 0.25) is 11.8 Å². The van der Waals surface area contributed by atoms with E-state index < -0.39 is 0 Å². The van der Waals surface area contributed by atoms with E-state index in [0.29, 0.717) is 38.5 Å². The first-order chi connectivity index (χ1) is 10.1. The maximum atomic E-state index is 12.9. The summed E-state index contributed by atoms with van der Waals surface area (Å²) >= 11 is 0. The molecule has 1 aromatic rings. The summed E-state index contributed by atoms with van der Waals surface area (Å²) in [6, 6.07) is 5.77. The van der Waals surface area contributed by atoms with Crippen LogP contribution in [0.5, 0.6) is 0 Å². The molecule has 1 aromatic carbocycles. The van der Waals surface area contributed by atoms with Crippen LogP contribution in [0, 0.1) is 11.7 Å². The normalized spacial score (nSPS) is 22.7. The fourth-order valence-corrected chi connectivity index (χ4v) is 2.79. The minimum atomic E-state index is -0.341. The van der Waals surface area contributed by atoms with E-state index in [1.807, 2.05) is 0 Å². The molecule has 112 valence electrons. The van der Waals surface area contributed by atoms with Gasteiger partial charge in [-0.25, -0.2) is 4.39 Å². The smallest absolute Gasteiger partial charge is 0.228 e. The fourth-order valence-electron chi connectivity index (χ4n) is 2.79. The van der Waals surface area contributed by atoms with Gasteiger partial charge in [0.25, 0.3) is 0 Å². The summed E-state index contributed by atoms with van der Waals surface area (Å²) in [5, 5.41) is 0. The zero-order valence-electron chi connectivity index (χ0n) is 11.6. The van der Waals surface area contributed by atoms with Gasteiger partial charge in [0, 0.05) is 31.7 Å². The molecule has 0 saturated carbocycles. The fraction of sp³-hybridized carbons (Fsp3) is 0.467. The Balaban J connectivity index is 1.69. The van der Waals surface area contributed by atoms with Crippen molar-refractivity contribution in [3.63, 3.8) is 0 Å². The lowest BCUT2D eigenvalue weighted by Gasteiger charge is -2.29. The molecule has 21 heavy (non-hydrogen) atoms. The summed E-state index contributed by atoms with van der Waals surface area (Å²) < 4.78 is 18.2. The Kier molecular flexibility index (Phi) is 3.88. The van der Waals surface area contributed by atoms with E-state index in [1.165, 1.54) is 12.1 Å². The Bertz CT molecular complexity index is 540. The summed E-state index contributed by atoms with van der Waals surface area (Å²) in [7, 11) is 0. The van der Waals surface area contributed by atoms with Crippen LogP contribution < -0.4 is 4.90 Å². The van der Waals surface area contributed by atoms with Crippen LogP contribution in [0.2, 0.25) is 0 Å². The molecule has 1 atom stereocenters. The lowest BCUT2D eigenvalue weighted by Crippen LogP contribution is -2.44. The van der Waals surface area contributed by atoms with Crippen LogP contribution in [0.1, 0.15) is 6.42 Å². The maximum absolute atomic E-state index is 12.9. The van der Waals surface area contributed by atoms with Crippen molar-refractivity contribution in [3.8, 4) is 0 Å². The number of benzene rings is 1. The molecule has 0 unspecified atom stereocenters. The third kappa shape index (κ3) is 2.90. The number of rotatable bonds is 2. The predicted molar refractivity (Wildman–Crippen MR) is 74.3 cm³/mol. The molecule has 0 aromatic heterocycles. The van der Waals surface area contributed by atoms with Gasteiger partial charge in [0.05, 0.1) is 19.1 Å². The van der Waals surface area contributed by atoms with Gasteiger partial charge >= 0.3 is 0 Å². The Morgan fingerprint density at radius 1 is 1.19 bits per heavy atom. The molecule has 2 fully saturated rings. The van der Waals surface area contributed by atoms with Crippen LogP contribution in [0.15, 0.2) is 24.3 Å². The number of hydrogen-bond donors (Lipinski definition) is 0. The molecule has 2 saturated heterocycles. The molecular weight excluding hydrogens is 275 g/mol. The molecule has 0 spiro atoms. The van der Waals surface area contributed by atoms with E-state index in [-0.39, 0.29) is 30.0 Å². The zero-order valence-corrected chi connectivity index (χ0v) is 11.6. The zero-order chi connectivity index (χ0) is 14.8. The van der Waals surface area contributed by atoms with Crippen molar-refractivity contribution in [1.82, 2.24) is 4.90 Å². The van der Waals surface area contributed by atoms with Crippen molar-refractivity contribution >= 4 is 17.5 Å². The molecule has 0 radical (unpaired) electrons. The molecule has 5 nitrogen and oxygen atoms in total. The SMILES string of the molecule is O=C([C@@H]1CC(=O)N(c2ccc(F)cc2)C1)N1CCOCC1. The average Bonchev–Trinajstić information content (AvgIpc) is 2.90. The summed E-state index contributed by atoms with van der Waals surface area (Å²) in [5.74, 6) is -0.739. The Morgan fingerprint density at radius 3 is 2.52 bits per heavy atom. The topological polar surface area (TPSA) is 49.9 Å². The van der Waals surface area contributed by atoms with E-state index in [4.69, 9.17) is 4.74 Å². The number of morpholine rings is 1. The molecule has 0 N–H and O–H groups in total. The number of ether oxygens (including phenoxy) is 1. The highest BCUT2D eigenvalue weighted by Crippen LogP contribution is 2.26. The molecule has 3 rings (SSSR count). The molecule has 2 aliphatic rings. The Morgan fingerprint density at radius 2 is 1.86 bits per heavy atom. The second kappa shape index (κ2) is 5.81. The van der Waals surface area contributed by atoms with Gasteiger partial charge in [-0.2, -0.15) is 0 Å². The molecule has 2 aliphatic heterocycles. The lowest BCUT2D eigenvalue weighted by molar-refractivity contribution is -0.139. The summed E-state index contributed by atoms with van der Waals surface area (Å²) in [6.45, 7) is 2.63. The van der Waals surface area contributed by atoms with E-state index in [2.05, 4.69) is 0 Å². The van der Waals surface area contributed by atoms with Gasteiger partial charge in [-0.1, -0.05) is 0 Å². The van der Waals surface area contributed by atoms with Crippen molar-refractivity contribution in [2.45, 2.75) is 6.42 Å². The van der Waals surface area contributed by atoms with Gasteiger partial charge in [0.1, 0.15) is 5.82 Å². The first-order valence-electron chi connectivity index (χ1n) is 7.07. The van der Waals surface area contributed by atoms with Gasteiger partial charge in [-0.05, 0) is 24.3 Å². The third-order valence-electron chi connectivity index (χ3n) is 3.94. The standard InChI is InChI=1S/C15H17FN2O3/c16-12-1-3-13(4-2-12)18-10-11(9-14(18)19)15(20)17-5-7-21-8-6-17/h1-4,11H,5-10H2/t11-/m1/s1. The monoisotopic (exact) mass is 292 g/mol. The van der Waals surface area contributed by atoms with Crippen LogP contribution >= 0.6 is 0 Å². The molecule has 0 aliphatic carbocycles.